The van der Waals surface area contributed by atoms with E-state index >= 15 is 0 Å². The molecule has 17 heavy (non-hydrogen) atoms. The first-order valence-electron chi connectivity index (χ1n) is 5.42. The van der Waals surface area contributed by atoms with Crippen LogP contribution < -0.4 is 0 Å². The number of benzene rings is 1. The van der Waals surface area contributed by atoms with Crippen LogP contribution in [0.25, 0.3) is 0 Å². The van der Waals surface area contributed by atoms with Gasteiger partial charge in [0.15, 0.2) is 0 Å². The molecule has 92 valence electrons. The Balaban J connectivity index is 1.85. The van der Waals surface area contributed by atoms with E-state index in [2.05, 4.69) is 20.8 Å². The second kappa shape index (κ2) is 5.38. The van der Waals surface area contributed by atoms with Gasteiger partial charge < -0.3 is 5.11 Å². The van der Waals surface area contributed by atoms with Gasteiger partial charge in [-0.3, -0.25) is 9.69 Å². The molecule has 1 aliphatic heterocycles. The van der Waals surface area contributed by atoms with Gasteiger partial charge in [-0.2, -0.15) is 0 Å². The van der Waals surface area contributed by atoms with Gasteiger partial charge in [-0.15, -0.1) is 0 Å². The average molecular weight is 319 g/mol. The van der Waals surface area contributed by atoms with E-state index in [0.717, 1.165) is 34.7 Å². The minimum absolute atomic E-state index is 0.268. The van der Waals surface area contributed by atoms with Crippen LogP contribution in [0.4, 0.5) is 0 Å². The highest BCUT2D eigenvalue weighted by atomic mass is 79.9. The van der Waals surface area contributed by atoms with E-state index in [1.54, 1.807) is 0 Å². The van der Waals surface area contributed by atoms with E-state index in [-0.39, 0.29) is 6.42 Å². The van der Waals surface area contributed by atoms with Gasteiger partial charge in [-0.25, -0.2) is 0 Å². The summed E-state index contributed by atoms with van der Waals surface area (Å²) in [6.07, 6.45) is 0.268. The number of carbonyl (C=O) groups is 1. The number of carboxylic acid groups (broad SMARTS) is 1. The molecular weight excluding hydrogens is 305 g/mol. The summed E-state index contributed by atoms with van der Waals surface area (Å²) >= 11 is 9.49. The molecule has 1 aromatic rings. The molecule has 0 spiro atoms. The normalized spacial score (nSPS) is 16.8. The topological polar surface area (TPSA) is 40.5 Å². The van der Waals surface area contributed by atoms with Crippen LogP contribution in [0.15, 0.2) is 22.7 Å². The average Bonchev–Trinajstić information content (AvgIpc) is 2.17. The van der Waals surface area contributed by atoms with E-state index in [1.165, 1.54) is 0 Å². The number of halogens is 2. The van der Waals surface area contributed by atoms with Crippen molar-refractivity contribution in [1.82, 2.24) is 4.90 Å². The molecule has 1 fully saturated rings. The monoisotopic (exact) mass is 317 g/mol. The van der Waals surface area contributed by atoms with Crippen LogP contribution in [0.3, 0.4) is 0 Å². The molecular formula is C12H13BrClNO2. The van der Waals surface area contributed by atoms with Gasteiger partial charge in [-0.1, -0.05) is 33.6 Å². The summed E-state index contributed by atoms with van der Waals surface area (Å²) in [5.74, 6) is -0.418. The van der Waals surface area contributed by atoms with E-state index in [9.17, 15) is 4.79 Å². The minimum atomic E-state index is -0.712. The molecule has 1 N–H and O–H groups in total. The Morgan fingerprint density at radius 3 is 2.82 bits per heavy atom. The molecule has 3 nitrogen and oxygen atoms in total. The predicted molar refractivity (Wildman–Crippen MR) is 70.2 cm³/mol. The number of hydrogen-bond acceptors (Lipinski definition) is 2. The Labute approximate surface area is 114 Å². The van der Waals surface area contributed by atoms with Crippen LogP contribution in [-0.2, 0) is 11.3 Å². The lowest BCUT2D eigenvalue weighted by molar-refractivity contribution is -0.139. The third kappa shape index (κ3) is 3.44. The SMILES string of the molecule is O=C(O)CC1CN(Cc2ccc(Br)cc2Cl)C1. The lowest BCUT2D eigenvalue weighted by Crippen LogP contribution is -2.46. The highest BCUT2D eigenvalue weighted by Gasteiger charge is 2.28. The van der Waals surface area contributed by atoms with Crippen molar-refractivity contribution < 1.29 is 9.90 Å². The summed E-state index contributed by atoms with van der Waals surface area (Å²) < 4.78 is 0.971. The van der Waals surface area contributed by atoms with Crippen LogP contribution in [0.2, 0.25) is 5.02 Å². The van der Waals surface area contributed by atoms with E-state index in [0.29, 0.717) is 5.92 Å². The quantitative estimate of drug-likeness (QED) is 0.928. The van der Waals surface area contributed by atoms with Crippen molar-refractivity contribution in [2.45, 2.75) is 13.0 Å². The maximum absolute atomic E-state index is 10.5. The zero-order valence-electron chi connectivity index (χ0n) is 9.20. The molecule has 0 radical (unpaired) electrons. The maximum Gasteiger partial charge on any atom is 0.303 e. The van der Waals surface area contributed by atoms with Crippen LogP contribution in [-0.4, -0.2) is 29.1 Å². The molecule has 0 bridgehead atoms. The summed E-state index contributed by atoms with van der Waals surface area (Å²) in [5.41, 5.74) is 1.09. The number of carboxylic acids is 1. The lowest BCUT2D eigenvalue weighted by Gasteiger charge is -2.38. The Morgan fingerprint density at radius 2 is 2.24 bits per heavy atom. The molecule has 0 saturated carbocycles. The zero-order chi connectivity index (χ0) is 12.4. The summed E-state index contributed by atoms with van der Waals surface area (Å²) in [4.78, 5) is 12.7. The standard InChI is InChI=1S/C12H13BrClNO2/c13-10-2-1-9(11(14)4-10)7-15-5-8(6-15)3-12(16)17/h1-2,4,8H,3,5-7H2,(H,16,17). The summed E-state index contributed by atoms with van der Waals surface area (Å²) in [6, 6.07) is 5.85. The molecule has 0 amide bonds. The third-order valence-electron chi connectivity index (χ3n) is 2.91. The first-order valence-corrected chi connectivity index (χ1v) is 6.60. The molecule has 0 atom stereocenters. The number of aliphatic carboxylic acids is 1. The molecule has 1 saturated heterocycles. The van der Waals surface area contributed by atoms with Crippen molar-refractivity contribution in [3.05, 3.63) is 33.3 Å². The third-order valence-corrected chi connectivity index (χ3v) is 3.75. The van der Waals surface area contributed by atoms with Gasteiger partial charge in [0.25, 0.3) is 0 Å². The lowest BCUT2D eigenvalue weighted by atomic mass is 9.96. The minimum Gasteiger partial charge on any atom is -0.481 e. The largest absolute Gasteiger partial charge is 0.481 e. The van der Waals surface area contributed by atoms with Crippen molar-refractivity contribution in [3.63, 3.8) is 0 Å². The molecule has 0 aliphatic carbocycles. The molecule has 1 aromatic carbocycles. The zero-order valence-corrected chi connectivity index (χ0v) is 11.5. The van der Waals surface area contributed by atoms with Crippen molar-refractivity contribution in [2.24, 2.45) is 5.92 Å². The van der Waals surface area contributed by atoms with E-state index in [4.69, 9.17) is 16.7 Å². The van der Waals surface area contributed by atoms with Gasteiger partial charge in [0.2, 0.25) is 0 Å². The Morgan fingerprint density at radius 1 is 1.53 bits per heavy atom. The fourth-order valence-electron chi connectivity index (χ4n) is 2.07. The fourth-order valence-corrected chi connectivity index (χ4v) is 2.81. The molecule has 5 heteroatoms. The first-order chi connectivity index (χ1) is 8.04. The van der Waals surface area contributed by atoms with Gasteiger partial charge in [-0.05, 0) is 23.6 Å². The van der Waals surface area contributed by atoms with Gasteiger partial charge in [0.1, 0.15) is 0 Å². The highest BCUT2D eigenvalue weighted by Crippen LogP contribution is 2.26. The molecule has 0 unspecified atom stereocenters. The Bertz CT molecular complexity index is 433. The molecule has 0 aromatic heterocycles. The van der Waals surface area contributed by atoms with Crippen LogP contribution >= 0.6 is 27.5 Å². The smallest absolute Gasteiger partial charge is 0.303 e. The predicted octanol–water partition coefficient (Wildman–Crippen LogP) is 3.01. The van der Waals surface area contributed by atoms with Gasteiger partial charge in [0.05, 0.1) is 6.42 Å². The van der Waals surface area contributed by atoms with Crippen molar-refractivity contribution >= 4 is 33.5 Å². The maximum atomic E-state index is 10.5. The molecule has 1 aliphatic rings. The van der Waals surface area contributed by atoms with E-state index < -0.39 is 5.97 Å². The van der Waals surface area contributed by atoms with Crippen LogP contribution in [0.5, 0.6) is 0 Å². The Kier molecular flexibility index (Phi) is 4.07. The van der Waals surface area contributed by atoms with Crippen LogP contribution in [0.1, 0.15) is 12.0 Å². The fraction of sp³-hybridized carbons (Fsp3) is 0.417. The summed E-state index contributed by atoms with van der Waals surface area (Å²) in [5, 5.41) is 9.41. The number of hydrogen-bond donors (Lipinski definition) is 1. The molecule has 2 rings (SSSR count). The van der Waals surface area contributed by atoms with E-state index in [1.807, 2.05) is 18.2 Å². The van der Waals surface area contributed by atoms with Crippen molar-refractivity contribution in [1.29, 1.82) is 0 Å². The number of likely N-dealkylation sites (tertiary alicyclic amines) is 1. The first kappa shape index (κ1) is 12.9. The van der Waals surface area contributed by atoms with Gasteiger partial charge in [0, 0.05) is 29.1 Å². The summed E-state index contributed by atoms with van der Waals surface area (Å²) in [6.45, 7) is 2.49. The second-order valence-electron chi connectivity index (χ2n) is 4.39. The number of rotatable bonds is 4. The summed E-state index contributed by atoms with van der Waals surface area (Å²) in [7, 11) is 0. The van der Waals surface area contributed by atoms with Crippen molar-refractivity contribution in [2.75, 3.05) is 13.1 Å². The molecule has 1 heterocycles. The second-order valence-corrected chi connectivity index (χ2v) is 5.72. The number of nitrogens with zero attached hydrogens (tertiary/aromatic N) is 1. The Hall–Kier alpha value is -0.580. The van der Waals surface area contributed by atoms with Crippen LogP contribution in [0, 0.1) is 5.92 Å². The van der Waals surface area contributed by atoms with Gasteiger partial charge >= 0.3 is 5.97 Å². The highest BCUT2D eigenvalue weighted by molar-refractivity contribution is 9.10. The van der Waals surface area contributed by atoms with Crippen molar-refractivity contribution in [3.8, 4) is 0 Å².